The average molecular weight is 272 g/mol. The number of amides is 1. The van der Waals surface area contributed by atoms with Gasteiger partial charge in [0.1, 0.15) is 5.75 Å². The summed E-state index contributed by atoms with van der Waals surface area (Å²) in [6.45, 7) is 0.131. The zero-order valence-electron chi connectivity index (χ0n) is 10.4. The number of rotatable bonds is 2. The largest absolute Gasteiger partial charge is 0.507 e. The molecule has 102 valence electrons. The molecule has 2 aromatic carbocycles. The number of nitrogen functional groups attached to an aromatic ring is 1. The summed E-state index contributed by atoms with van der Waals surface area (Å²) >= 11 is 0. The number of fused-ring (bicyclic) bond motifs is 1. The van der Waals surface area contributed by atoms with Gasteiger partial charge in [-0.2, -0.15) is 0 Å². The van der Waals surface area contributed by atoms with Crippen molar-refractivity contribution in [2.45, 2.75) is 0 Å². The zero-order chi connectivity index (χ0) is 14.1. The van der Waals surface area contributed by atoms with Crippen molar-refractivity contribution in [3.05, 3.63) is 42.0 Å². The summed E-state index contributed by atoms with van der Waals surface area (Å²) in [5, 5.41) is 12.3. The fraction of sp³-hybridized carbons (Fsp3) is 0.0714. The summed E-state index contributed by atoms with van der Waals surface area (Å²) in [7, 11) is 0. The van der Waals surface area contributed by atoms with Gasteiger partial charge in [0.25, 0.3) is 5.91 Å². The molecule has 1 amide bonds. The van der Waals surface area contributed by atoms with Gasteiger partial charge in [-0.15, -0.1) is 0 Å². The first kappa shape index (κ1) is 12.2. The number of hydrogen-bond acceptors (Lipinski definition) is 5. The van der Waals surface area contributed by atoms with Gasteiger partial charge in [0.2, 0.25) is 6.79 Å². The highest BCUT2D eigenvalue weighted by Crippen LogP contribution is 2.38. The number of benzene rings is 2. The highest BCUT2D eigenvalue weighted by Gasteiger charge is 2.18. The van der Waals surface area contributed by atoms with E-state index in [0.717, 1.165) is 0 Å². The first-order valence-corrected chi connectivity index (χ1v) is 5.93. The highest BCUT2D eigenvalue weighted by atomic mass is 16.7. The molecule has 0 saturated heterocycles. The van der Waals surface area contributed by atoms with Gasteiger partial charge in [-0.25, -0.2) is 0 Å². The van der Waals surface area contributed by atoms with E-state index in [1.165, 1.54) is 12.1 Å². The fourth-order valence-electron chi connectivity index (χ4n) is 1.92. The van der Waals surface area contributed by atoms with Crippen LogP contribution in [0.5, 0.6) is 17.2 Å². The highest BCUT2D eigenvalue weighted by molar-refractivity contribution is 6.07. The van der Waals surface area contributed by atoms with Crippen LogP contribution in [0, 0.1) is 0 Å². The van der Waals surface area contributed by atoms with Crippen molar-refractivity contribution in [3.8, 4) is 17.2 Å². The monoisotopic (exact) mass is 272 g/mol. The molecule has 2 aromatic rings. The van der Waals surface area contributed by atoms with Crippen molar-refractivity contribution in [1.29, 1.82) is 0 Å². The SMILES string of the molecule is Nc1cc2c(cc1NC(=O)c1ccccc1O)OCO2. The fourth-order valence-corrected chi connectivity index (χ4v) is 1.92. The van der Waals surface area contributed by atoms with Crippen LogP contribution < -0.4 is 20.5 Å². The van der Waals surface area contributed by atoms with Crippen LogP contribution in [0.1, 0.15) is 10.4 Å². The Kier molecular flexibility index (Phi) is 2.83. The van der Waals surface area contributed by atoms with Crippen molar-refractivity contribution in [1.82, 2.24) is 0 Å². The van der Waals surface area contributed by atoms with Crippen LogP contribution in [0.3, 0.4) is 0 Å². The van der Waals surface area contributed by atoms with Crippen LogP contribution in [0.4, 0.5) is 11.4 Å². The lowest BCUT2D eigenvalue weighted by Crippen LogP contribution is -2.13. The number of phenols is 1. The van der Waals surface area contributed by atoms with E-state index < -0.39 is 5.91 Å². The standard InChI is InChI=1S/C14H12N2O4/c15-9-5-12-13(20-7-19-12)6-10(9)16-14(18)8-3-1-2-4-11(8)17/h1-6,17H,7,15H2,(H,16,18). The zero-order valence-corrected chi connectivity index (χ0v) is 10.4. The molecule has 0 spiro atoms. The van der Waals surface area contributed by atoms with Crippen molar-refractivity contribution >= 4 is 17.3 Å². The molecule has 1 aliphatic heterocycles. The van der Waals surface area contributed by atoms with E-state index >= 15 is 0 Å². The average Bonchev–Trinajstić information content (AvgIpc) is 2.86. The first-order valence-electron chi connectivity index (χ1n) is 5.93. The van der Waals surface area contributed by atoms with Crippen molar-refractivity contribution < 1.29 is 19.4 Å². The van der Waals surface area contributed by atoms with Crippen LogP contribution in [0.25, 0.3) is 0 Å². The van der Waals surface area contributed by atoms with E-state index in [4.69, 9.17) is 15.2 Å². The van der Waals surface area contributed by atoms with E-state index in [1.807, 2.05) is 0 Å². The molecule has 20 heavy (non-hydrogen) atoms. The van der Waals surface area contributed by atoms with Gasteiger partial charge in [-0.3, -0.25) is 4.79 Å². The molecule has 0 radical (unpaired) electrons. The van der Waals surface area contributed by atoms with Gasteiger partial charge in [-0.05, 0) is 12.1 Å². The minimum Gasteiger partial charge on any atom is -0.507 e. The number of carbonyl (C=O) groups excluding carboxylic acids is 1. The Morgan fingerprint density at radius 1 is 1.20 bits per heavy atom. The van der Waals surface area contributed by atoms with E-state index in [-0.39, 0.29) is 18.1 Å². The van der Waals surface area contributed by atoms with Gasteiger partial charge >= 0.3 is 0 Å². The number of phenolic OH excluding ortho intramolecular Hbond substituents is 1. The van der Waals surface area contributed by atoms with Gasteiger partial charge < -0.3 is 25.6 Å². The number of para-hydroxylation sites is 1. The van der Waals surface area contributed by atoms with Crippen molar-refractivity contribution in [3.63, 3.8) is 0 Å². The lowest BCUT2D eigenvalue weighted by molar-refractivity contribution is 0.102. The van der Waals surface area contributed by atoms with Crippen LogP contribution in [-0.4, -0.2) is 17.8 Å². The van der Waals surface area contributed by atoms with E-state index in [2.05, 4.69) is 5.32 Å². The summed E-state index contributed by atoms with van der Waals surface area (Å²) in [5.74, 6) is 0.521. The molecule has 0 unspecified atom stereocenters. The molecule has 0 aromatic heterocycles. The quantitative estimate of drug-likeness (QED) is 0.726. The Hall–Kier alpha value is -2.89. The number of nitrogens with two attached hydrogens (primary N) is 1. The van der Waals surface area contributed by atoms with Gasteiger partial charge in [-0.1, -0.05) is 12.1 Å². The van der Waals surface area contributed by atoms with E-state index in [0.29, 0.717) is 22.9 Å². The second-order valence-corrected chi connectivity index (χ2v) is 4.26. The Morgan fingerprint density at radius 3 is 2.65 bits per heavy atom. The number of ether oxygens (including phenoxy) is 2. The van der Waals surface area contributed by atoms with Crippen LogP contribution in [0.15, 0.2) is 36.4 Å². The Labute approximate surface area is 114 Å². The molecule has 3 rings (SSSR count). The lowest BCUT2D eigenvalue weighted by Gasteiger charge is -2.10. The number of hydrogen-bond donors (Lipinski definition) is 3. The number of anilines is 2. The Balaban J connectivity index is 1.88. The molecule has 4 N–H and O–H groups in total. The molecule has 1 heterocycles. The molecule has 0 fully saturated rings. The van der Waals surface area contributed by atoms with Crippen LogP contribution in [-0.2, 0) is 0 Å². The third-order valence-electron chi connectivity index (χ3n) is 2.94. The maximum absolute atomic E-state index is 12.1. The summed E-state index contributed by atoms with van der Waals surface area (Å²) in [6.07, 6.45) is 0. The summed E-state index contributed by atoms with van der Waals surface area (Å²) in [6, 6.07) is 9.45. The second-order valence-electron chi connectivity index (χ2n) is 4.26. The number of carbonyl (C=O) groups is 1. The molecule has 6 heteroatoms. The van der Waals surface area contributed by atoms with Gasteiger partial charge in [0, 0.05) is 12.1 Å². The summed E-state index contributed by atoms with van der Waals surface area (Å²) < 4.78 is 10.4. The first-order chi connectivity index (χ1) is 9.65. The van der Waals surface area contributed by atoms with E-state index in [9.17, 15) is 9.90 Å². The Bertz CT molecular complexity index is 685. The molecule has 6 nitrogen and oxygen atoms in total. The smallest absolute Gasteiger partial charge is 0.259 e. The van der Waals surface area contributed by atoms with Crippen molar-refractivity contribution in [2.75, 3.05) is 17.8 Å². The van der Waals surface area contributed by atoms with Crippen molar-refractivity contribution in [2.24, 2.45) is 0 Å². The van der Waals surface area contributed by atoms with Crippen LogP contribution in [0.2, 0.25) is 0 Å². The number of aromatic hydroxyl groups is 1. The third-order valence-corrected chi connectivity index (χ3v) is 2.94. The van der Waals surface area contributed by atoms with Gasteiger partial charge in [0.15, 0.2) is 11.5 Å². The van der Waals surface area contributed by atoms with Gasteiger partial charge in [0.05, 0.1) is 16.9 Å². The Morgan fingerprint density at radius 2 is 1.90 bits per heavy atom. The maximum atomic E-state index is 12.1. The second kappa shape index (κ2) is 4.65. The molecular weight excluding hydrogens is 260 g/mol. The number of nitrogens with one attached hydrogen (secondary N) is 1. The predicted molar refractivity (Wildman–Crippen MR) is 73.0 cm³/mol. The predicted octanol–water partition coefficient (Wildman–Crippen LogP) is 1.96. The maximum Gasteiger partial charge on any atom is 0.259 e. The molecule has 0 saturated carbocycles. The normalized spacial score (nSPS) is 12.2. The minimum atomic E-state index is -0.450. The lowest BCUT2D eigenvalue weighted by atomic mass is 10.1. The van der Waals surface area contributed by atoms with Crippen LogP contribution >= 0.6 is 0 Å². The summed E-state index contributed by atoms with van der Waals surface area (Å²) in [4.78, 5) is 12.1. The topological polar surface area (TPSA) is 93.8 Å². The molecular formula is C14H12N2O4. The van der Waals surface area contributed by atoms with E-state index in [1.54, 1.807) is 24.3 Å². The third kappa shape index (κ3) is 2.07. The molecule has 0 aliphatic carbocycles. The minimum absolute atomic E-state index is 0.0932. The molecule has 0 atom stereocenters. The molecule has 1 aliphatic rings. The molecule has 0 bridgehead atoms. The summed E-state index contributed by atoms with van der Waals surface area (Å²) in [5.41, 5.74) is 6.78.